The molecule has 1 fully saturated rings. The van der Waals surface area contributed by atoms with Crippen LogP contribution in [0.15, 0.2) is 17.1 Å². The maximum Gasteiger partial charge on any atom is 0.403 e. The van der Waals surface area contributed by atoms with Crippen LogP contribution in [0.25, 0.3) is 0 Å². The van der Waals surface area contributed by atoms with Crippen molar-refractivity contribution in [1.29, 1.82) is 0 Å². The van der Waals surface area contributed by atoms with Crippen molar-refractivity contribution in [2.24, 2.45) is 0 Å². The molecule has 2 rings (SSSR count). The molecule has 14 heteroatoms. The van der Waals surface area contributed by atoms with E-state index in [9.17, 15) is 29.3 Å². The molecule has 0 saturated carbocycles. The molecule has 1 saturated heterocycles. The van der Waals surface area contributed by atoms with E-state index in [1.807, 2.05) is 5.09 Å². The number of nitrogens with one attached hydrogen (secondary N) is 2. The van der Waals surface area contributed by atoms with Gasteiger partial charge in [-0.2, -0.15) is 0 Å². The SMILES string of the molecule is CC(NP(=O)(O)OCC1OC(n2ccc(=O)[nH]c2=S)C(C)(O)C1O)C(=O)O. The summed E-state index contributed by atoms with van der Waals surface area (Å²) in [5, 5.41) is 31.5. The number of aromatic nitrogens is 2. The molecule has 6 N–H and O–H groups in total. The molecule has 1 aromatic heterocycles. The van der Waals surface area contributed by atoms with Gasteiger partial charge in [-0.1, -0.05) is 0 Å². The molecule has 152 valence electrons. The van der Waals surface area contributed by atoms with Crippen LogP contribution in [-0.4, -0.2) is 66.2 Å². The van der Waals surface area contributed by atoms with Crippen molar-refractivity contribution < 1.29 is 38.8 Å². The molecule has 0 bridgehead atoms. The number of aliphatic hydroxyl groups excluding tert-OH is 1. The predicted octanol–water partition coefficient (Wildman–Crippen LogP) is -0.905. The third kappa shape index (κ3) is 4.89. The van der Waals surface area contributed by atoms with E-state index in [0.29, 0.717) is 0 Å². The summed E-state index contributed by atoms with van der Waals surface area (Å²) < 4.78 is 23.3. The Kier molecular flexibility index (Phi) is 6.39. The van der Waals surface area contributed by atoms with Crippen molar-refractivity contribution in [3.8, 4) is 0 Å². The smallest absolute Gasteiger partial charge is 0.403 e. The Balaban J connectivity index is 2.14. The topological polar surface area (TPSA) is 183 Å². The summed E-state index contributed by atoms with van der Waals surface area (Å²) in [5.41, 5.74) is -2.33. The van der Waals surface area contributed by atoms with Gasteiger partial charge in [0.2, 0.25) is 0 Å². The average molecular weight is 425 g/mol. The van der Waals surface area contributed by atoms with E-state index in [2.05, 4.69) is 4.98 Å². The first-order valence-corrected chi connectivity index (χ1v) is 9.69. The average Bonchev–Trinajstić information content (AvgIpc) is 2.76. The molecule has 1 aliphatic heterocycles. The maximum absolute atomic E-state index is 11.9. The minimum atomic E-state index is -4.51. The van der Waals surface area contributed by atoms with Crippen LogP contribution >= 0.6 is 20.0 Å². The Labute approximate surface area is 158 Å². The number of ether oxygens (including phenoxy) is 1. The first kappa shape index (κ1) is 21.9. The Bertz CT molecular complexity index is 869. The number of carboxylic acids is 1. The third-order valence-corrected chi connectivity index (χ3v) is 5.52. The Morgan fingerprint density at radius 1 is 1.63 bits per heavy atom. The fourth-order valence-electron chi connectivity index (χ4n) is 2.50. The predicted molar refractivity (Wildman–Crippen MR) is 92.4 cm³/mol. The van der Waals surface area contributed by atoms with Crippen molar-refractivity contribution in [2.75, 3.05) is 6.61 Å². The van der Waals surface area contributed by atoms with E-state index >= 15 is 0 Å². The van der Waals surface area contributed by atoms with Gasteiger partial charge in [-0.15, -0.1) is 0 Å². The summed E-state index contributed by atoms with van der Waals surface area (Å²) >= 11 is 5.01. The van der Waals surface area contributed by atoms with Crippen molar-refractivity contribution in [2.45, 2.75) is 43.9 Å². The first-order chi connectivity index (χ1) is 12.3. The van der Waals surface area contributed by atoms with Gasteiger partial charge in [0.1, 0.15) is 23.9 Å². The number of aliphatic carboxylic acids is 1. The van der Waals surface area contributed by atoms with E-state index < -0.39 is 56.0 Å². The summed E-state index contributed by atoms with van der Waals surface area (Å²) in [6.45, 7) is 1.78. The molecule has 6 atom stereocenters. The van der Waals surface area contributed by atoms with Crippen LogP contribution in [0, 0.1) is 4.77 Å². The van der Waals surface area contributed by atoms with E-state index in [-0.39, 0.29) is 4.77 Å². The van der Waals surface area contributed by atoms with Gasteiger partial charge in [0, 0.05) is 12.3 Å². The summed E-state index contributed by atoms with van der Waals surface area (Å²) in [6, 6.07) is -0.213. The van der Waals surface area contributed by atoms with E-state index in [0.717, 1.165) is 13.0 Å². The second-order valence-corrected chi connectivity index (χ2v) is 8.16. The number of rotatable bonds is 7. The second kappa shape index (κ2) is 7.89. The molecule has 27 heavy (non-hydrogen) atoms. The largest absolute Gasteiger partial charge is 0.480 e. The van der Waals surface area contributed by atoms with Crippen molar-refractivity contribution >= 4 is 25.9 Å². The third-order valence-electron chi connectivity index (χ3n) is 4.00. The van der Waals surface area contributed by atoms with Gasteiger partial charge in [0.05, 0.1) is 6.61 Å². The first-order valence-electron chi connectivity index (χ1n) is 7.70. The molecule has 12 nitrogen and oxygen atoms in total. The van der Waals surface area contributed by atoms with Crippen LogP contribution in [0.1, 0.15) is 20.1 Å². The Morgan fingerprint density at radius 2 is 2.26 bits per heavy atom. The zero-order valence-corrected chi connectivity index (χ0v) is 16.0. The molecular weight excluding hydrogens is 405 g/mol. The lowest BCUT2D eigenvalue weighted by Gasteiger charge is -2.28. The number of hydrogen-bond donors (Lipinski definition) is 6. The number of aromatic amines is 1. The molecule has 6 unspecified atom stereocenters. The summed E-state index contributed by atoms with van der Waals surface area (Å²) in [6.07, 6.45) is -2.72. The van der Waals surface area contributed by atoms with Gasteiger partial charge >= 0.3 is 13.7 Å². The van der Waals surface area contributed by atoms with Crippen LogP contribution in [0.2, 0.25) is 0 Å². The number of carboxylic acid groups (broad SMARTS) is 1. The number of hydrogen-bond acceptors (Lipinski definition) is 8. The highest BCUT2D eigenvalue weighted by molar-refractivity contribution is 7.71. The van der Waals surface area contributed by atoms with Crippen molar-refractivity contribution in [3.63, 3.8) is 0 Å². The molecule has 0 aromatic carbocycles. The lowest BCUT2D eigenvalue weighted by atomic mass is 9.96. The van der Waals surface area contributed by atoms with Gasteiger partial charge < -0.3 is 24.9 Å². The maximum atomic E-state index is 11.9. The fraction of sp³-hybridized carbons (Fsp3) is 0.615. The number of nitrogens with zero attached hydrogens (tertiary/aromatic N) is 1. The molecule has 1 aromatic rings. The van der Waals surface area contributed by atoms with E-state index in [4.69, 9.17) is 26.6 Å². The van der Waals surface area contributed by atoms with E-state index in [1.165, 1.54) is 17.7 Å². The minimum absolute atomic E-state index is 0.0636. The van der Waals surface area contributed by atoms with Gasteiger partial charge in [-0.3, -0.25) is 23.7 Å². The molecule has 0 aliphatic carbocycles. The summed E-state index contributed by atoms with van der Waals surface area (Å²) in [5.74, 6) is -1.36. The second-order valence-electron chi connectivity index (χ2n) is 6.22. The highest BCUT2D eigenvalue weighted by Gasteiger charge is 2.53. The quantitative estimate of drug-likeness (QED) is 0.235. The fourth-order valence-corrected chi connectivity index (χ4v) is 3.78. The molecular formula is C13H20N3O9PS. The molecule has 0 spiro atoms. The van der Waals surface area contributed by atoms with Crippen LogP contribution in [0.5, 0.6) is 0 Å². The van der Waals surface area contributed by atoms with Gasteiger partial charge in [0.25, 0.3) is 5.56 Å². The standard InChI is InChI=1S/C13H20N3O9PS/c1-6(10(19)20)15-26(22,23)24-5-7-9(18)13(2,21)11(25-7)16-4-3-8(17)14-12(16)27/h3-4,6-7,9,11,18,21H,5H2,1-2H3,(H,19,20)(H,14,17,27)(H2,15,22,23). The van der Waals surface area contributed by atoms with Crippen LogP contribution < -0.4 is 10.6 Å². The lowest BCUT2D eigenvalue weighted by Crippen LogP contribution is -2.44. The summed E-state index contributed by atoms with van der Waals surface area (Å²) in [7, 11) is -4.51. The lowest BCUT2D eigenvalue weighted by molar-refractivity contribution is -0.138. The van der Waals surface area contributed by atoms with Crippen molar-refractivity contribution in [1.82, 2.24) is 14.6 Å². The zero-order valence-electron chi connectivity index (χ0n) is 14.3. The van der Waals surface area contributed by atoms with Crippen LogP contribution in [0.3, 0.4) is 0 Å². The normalized spacial score (nSPS) is 31.4. The number of carbonyl (C=O) groups is 1. The minimum Gasteiger partial charge on any atom is -0.480 e. The van der Waals surface area contributed by atoms with Gasteiger partial charge in [-0.25, -0.2) is 9.65 Å². The Morgan fingerprint density at radius 3 is 2.81 bits per heavy atom. The molecule has 1 aliphatic rings. The zero-order chi connectivity index (χ0) is 20.6. The highest BCUT2D eigenvalue weighted by Crippen LogP contribution is 2.42. The van der Waals surface area contributed by atoms with Gasteiger partial charge in [0.15, 0.2) is 11.0 Å². The number of H-pyrrole nitrogens is 1. The molecule has 2 heterocycles. The van der Waals surface area contributed by atoms with Crippen LogP contribution in [-0.2, 0) is 18.6 Å². The van der Waals surface area contributed by atoms with Crippen LogP contribution in [0.4, 0.5) is 0 Å². The highest BCUT2D eigenvalue weighted by atomic mass is 32.1. The summed E-state index contributed by atoms with van der Waals surface area (Å²) in [4.78, 5) is 34.0. The Hall–Kier alpha value is -1.44. The van der Waals surface area contributed by atoms with E-state index in [1.54, 1.807) is 0 Å². The van der Waals surface area contributed by atoms with Crippen molar-refractivity contribution in [3.05, 3.63) is 27.4 Å². The monoisotopic (exact) mass is 425 g/mol. The van der Waals surface area contributed by atoms with Gasteiger partial charge in [-0.05, 0) is 26.1 Å². The number of aliphatic hydroxyl groups is 2. The molecule has 0 amide bonds. The molecule has 0 radical (unpaired) electrons.